The lowest BCUT2D eigenvalue weighted by molar-refractivity contribution is -0.384. The zero-order valence-electron chi connectivity index (χ0n) is 19.1. The number of carbonyl (C=O) groups is 2. The van der Waals surface area contributed by atoms with Crippen molar-refractivity contribution in [3.8, 4) is 5.75 Å². The fourth-order valence-electron chi connectivity index (χ4n) is 3.90. The number of nitrogens with one attached hydrogen (secondary N) is 1. The van der Waals surface area contributed by atoms with Crippen LogP contribution in [0.1, 0.15) is 51.4 Å². The van der Waals surface area contributed by atoms with Crippen molar-refractivity contribution in [3.05, 3.63) is 91.4 Å². The molecule has 4 rings (SSSR count). The van der Waals surface area contributed by atoms with E-state index < -0.39 is 10.9 Å². The van der Waals surface area contributed by atoms with Gasteiger partial charge in [0.05, 0.1) is 17.1 Å². The molecule has 0 fully saturated rings. The average Bonchev–Trinajstić information content (AvgIpc) is 3.17. The van der Waals surface area contributed by atoms with Gasteiger partial charge in [0, 0.05) is 34.7 Å². The Labute approximate surface area is 205 Å². The van der Waals surface area contributed by atoms with E-state index in [4.69, 9.17) is 20.8 Å². The van der Waals surface area contributed by atoms with Gasteiger partial charge in [-0.1, -0.05) is 23.7 Å². The number of carbonyl (C=O) groups excluding carboxylic acids is 2. The zero-order chi connectivity index (χ0) is 25.1. The van der Waals surface area contributed by atoms with Gasteiger partial charge in [-0.2, -0.15) is 5.10 Å². The number of nitro benzene ring substituents is 1. The maximum Gasteiger partial charge on any atom is 0.379 e. The Hall–Kier alpha value is -3.98. The Morgan fingerprint density at radius 2 is 1.91 bits per heavy atom. The molecule has 1 aromatic heterocycles. The number of benzene rings is 2. The number of rotatable bonds is 6. The number of amides is 1. The first kappa shape index (κ1) is 24.2. The topological polar surface area (TPSA) is 124 Å². The molecule has 10 heteroatoms. The maximum absolute atomic E-state index is 12.8. The lowest BCUT2D eigenvalue weighted by Crippen LogP contribution is -2.23. The number of non-ortho nitro benzene ring substituents is 1. The number of ether oxygens (including phenoxy) is 1. The highest BCUT2D eigenvalue weighted by Crippen LogP contribution is 2.31. The molecule has 0 bridgehead atoms. The number of esters is 1. The van der Waals surface area contributed by atoms with E-state index in [2.05, 4.69) is 10.5 Å². The molecule has 1 N–H and O–H groups in total. The Morgan fingerprint density at radius 3 is 2.60 bits per heavy atom. The van der Waals surface area contributed by atoms with Gasteiger partial charge in [0.15, 0.2) is 0 Å². The third-order valence-electron chi connectivity index (χ3n) is 5.68. The summed E-state index contributed by atoms with van der Waals surface area (Å²) < 4.78 is 11.3. The molecule has 0 atom stereocenters. The highest BCUT2D eigenvalue weighted by molar-refractivity contribution is 6.31. The van der Waals surface area contributed by atoms with Crippen LogP contribution in [-0.2, 0) is 17.6 Å². The van der Waals surface area contributed by atoms with Crippen LogP contribution in [0.3, 0.4) is 0 Å². The van der Waals surface area contributed by atoms with Crippen molar-refractivity contribution in [1.29, 1.82) is 0 Å². The van der Waals surface area contributed by atoms with Crippen LogP contribution >= 0.6 is 11.6 Å². The molecule has 1 aliphatic carbocycles. The zero-order valence-corrected chi connectivity index (χ0v) is 19.8. The molecule has 9 nitrogen and oxygen atoms in total. The van der Waals surface area contributed by atoms with Gasteiger partial charge in [0.2, 0.25) is 11.7 Å². The first-order valence-electron chi connectivity index (χ1n) is 10.9. The minimum absolute atomic E-state index is 0.0179. The molecule has 1 heterocycles. The predicted molar refractivity (Wildman–Crippen MR) is 129 cm³/mol. The number of aryl methyl sites for hydroxylation is 2. The Balaban J connectivity index is 1.48. The van der Waals surface area contributed by atoms with Gasteiger partial charge in [-0.15, -0.1) is 0 Å². The first-order valence-corrected chi connectivity index (χ1v) is 11.3. The maximum atomic E-state index is 12.8. The summed E-state index contributed by atoms with van der Waals surface area (Å²) in [6, 6.07) is 10.7. The molecule has 0 radical (unpaired) electrons. The number of hydrogen-bond donors (Lipinski definition) is 1. The van der Waals surface area contributed by atoms with Crippen molar-refractivity contribution < 1.29 is 23.7 Å². The second kappa shape index (κ2) is 10.1. The molecular formula is C25H22ClN3O6. The Morgan fingerprint density at radius 1 is 1.17 bits per heavy atom. The predicted octanol–water partition coefficient (Wildman–Crippen LogP) is 5.08. The molecule has 2 aromatic carbocycles. The molecule has 35 heavy (non-hydrogen) atoms. The van der Waals surface area contributed by atoms with Crippen LogP contribution in [0.5, 0.6) is 5.75 Å². The van der Waals surface area contributed by atoms with E-state index in [9.17, 15) is 19.7 Å². The van der Waals surface area contributed by atoms with Gasteiger partial charge in [-0.05, 0) is 56.0 Å². The van der Waals surface area contributed by atoms with Crippen molar-refractivity contribution in [2.45, 2.75) is 39.5 Å². The lowest BCUT2D eigenvalue weighted by atomic mass is 9.93. The van der Waals surface area contributed by atoms with Crippen LogP contribution in [0.4, 0.5) is 5.69 Å². The third kappa shape index (κ3) is 5.41. The normalized spacial score (nSPS) is 13.9. The average molecular weight is 496 g/mol. The molecule has 1 amide bonds. The highest BCUT2D eigenvalue weighted by Gasteiger charge is 2.29. The van der Waals surface area contributed by atoms with E-state index >= 15 is 0 Å². The second-order valence-corrected chi connectivity index (χ2v) is 8.61. The summed E-state index contributed by atoms with van der Waals surface area (Å²) >= 11 is 6.03. The van der Waals surface area contributed by atoms with Gasteiger partial charge in [-0.3, -0.25) is 14.9 Å². The van der Waals surface area contributed by atoms with E-state index in [0.29, 0.717) is 51.8 Å². The van der Waals surface area contributed by atoms with E-state index in [-0.39, 0.29) is 23.8 Å². The van der Waals surface area contributed by atoms with Crippen LogP contribution in [0, 0.1) is 24.0 Å². The number of furan rings is 1. The van der Waals surface area contributed by atoms with E-state index in [1.165, 1.54) is 24.3 Å². The number of hydrazone groups is 1. The number of hydrogen-bond acceptors (Lipinski definition) is 7. The van der Waals surface area contributed by atoms with Crippen LogP contribution < -0.4 is 10.2 Å². The number of fused-ring (bicyclic) bond motifs is 1. The quantitative estimate of drug-likeness (QED) is 0.220. The fourth-order valence-corrected chi connectivity index (χ4v) is 4.02. The van der Waals surface area contributed by atoms with Crippen LogP contribution in [0.25, 0.3) is 0 Å². The number of nitro groups is 1. The molecule has 0 spiro atoms. The van der Waals surface area contributed by atoms with Gasteiger partial charge < -0.3 is 9.15 Å². The summed E-state index contributed by atoms with van der Waals surface area (Å²) in [5.41, 5.74) is 5.82. The van der Waals surface area contributed by atoms with E-state index in [1.807, 2.05) is 6.92 Å². The van der Waals surface area contributed by atoms with Crippen LogP contribution in [-0.4, -0.2) is 22.5 Å². The summed E-state index contributed by atoms with van der Waals surface area (Å²) in [5, 5.41) is 15.6. The monoisotopic (exact) mass is 495 g/mol. The third-order valence-corrected chi connectivity index (χ3v) is 6.10. The Bertz CT molecular complexity index is 1340. The molecule has 3 aromatic rings. The van der Waals surface area contributed by atoms with Crippen molar-refractivity contribution in [2.24, 2.45) is 5.10 Å². The smallest absolute Gasteiger partial charge is 0.379 e. The van der Waals surface area contributed by atoms with Crippen LogP contribution in [0.2, 0.25) is 5.02 Å². The van der Waals surface area contributed by atoms with Crippen molar-refractivity contribution >= 4 is 34.9 Å². The summed E-state index contributed by atoms with van der Waals surface area (Å²) in [4.78, 5) is 35.4. The molecule has 1 aliphatic rings. The summed E-state index contributed by atoms with van der Waals surface area (Å²) in [7, 11) is 0. The van der Waals surface area contributed by atoms with Gasteiger partial charge in [0.1, 0.15) is 11.5 Å². The summed E-state index contributed by atoms with van der Waals surface area (Å²) in [6.07, 6.45) is 2.02. The Kier molecular flexibility index (Phi) is 6.97. The van der Waals surface area contributed by atoms with Crippen molar-refractivity contribution in [1.82, 2.24) is 5.43 Å². The fraction of sp³-hybridized carbons (Fsp3) is 0.240. The minimum Gasteiger partial charge on any atom is -0.453 e. The standard InChI is InChI=1S/C25H22ClN3O6/c1-14-12-18(10-11-19(14)26)34-25(31)24-15(2)23-20(4-3-5-21(23)35-24)27-28-22(30)13-16-6-8-17(9-7-16)29(32)33/h6-12H,3-5,13H2,1-2H3,(H,28,30)/b27-20+. The minimum atomic E-state index is -0.625. The summed E-state index contributed by atoms with van der Waals surface area (Å²) in [5.74, 6) is 0.0846. The van der Waals surface area contributed by atoms with Gasteiger partial charge >= 0.3 is 5.97 Å². The number of halogens is 1. The molecule has 180 valence electrons. The molecule has 0 unspecified atom stereocenters. The number of nitrogens with zero attached hydrogens (tertiary/aromatic N) is 2. The van der Waals surface area contributed by atoms with Gasteiger partial charge in [-0.25, -0.2) is 10.2 Å². The van der Waals surface area contributed by atoms with Crippen molar-refractivity contribution in [3.63, 3.8) is 0 Å². The first-order chi connectivity index (χ1) is 16.7. The van der Waals surface area contributed by atoms with Gasteiger partial charge in [0.25, 0.3) is 5.69 Å². The second-order valence-electron chi connectivity index (χ2n) is 8.20. The van der Waals surface area contributed by atoms with E-state index in [0.717, 1.165) is 12.0 Å². The highest BCUT2D eigenvalue weighted by atomic mass is 35.5. The largest absolute Gasteiger partial charge is 0.453 e. The molecular weight excluding hydrogens is 474 g/mol. The van der Waals surface area contributed by atoms with Crippen molar-refractivity contribution in [2.75, 3.05) is 0 Å². The molecule has 0 saturated carbocycles. The van der Waals surface area contributed by atoms with Crippen LogP contribution in [0.15, 0.2) is 52.0 Å². The molecule has 0 aliphatic heterocycles. The SMILES string of the molecule is Cc1cc(OC(=O)c2oc3c(c2C)/C(=N/NC(=O)Cc2ccc([N+](=O)[O-])cc2)CCC3)ccc1Cl. The molecule has 0 saturated heterocycles. The lowest BCUT2D eigenvalue weighted by Gasteiger charge is -2.13. The van der Waals surface area contributed by atoms with E-state index in [1.54, 1.807) is 25.1 Å². The summed E-state index contributed by atoms with van der Waals surface area (Å²) in [6.45, 7) is 3.57.